The smallest absolute Gasteiger partial charge is 0.222 e. The van der Waals surface area contributed by atoms with Crippen molar-refractivity contribution in [2.24, 2.45) is 11.7 Å². The van der Waals surface area contributed by atoms with E-state index in [4.69, 9.17) is 23.1 Å². The third-order valence-electron chi connectivity index (χ3n) is 1.69. The first-order chi connectivity index (χ1) is 6.00. The van der Waals surface area contributed by atoms with Gasteiger partial charge in [-0.3, -0.25) is 9.48 Å². The number of aromatic nitrogens is 2. The summed E-state index contributed by atoms with van der Waals surface area (Å²) in [5.41, 5.74) is 10.5. The Morgan fingerprint density at radius 1 is 1.85 bits per heavy atom. The number of amides is 1. The molecule has 0 bridgehead atoms. The second-order valence-corrected chi connectivity index (χ2v) is 3.29. The molecule has 0 saturated carbocycles. The summed E-state index contributed by atoms with van der Waals surface area (Å²) in [6.45, 7) is 2.11. The van der Waals surface area contributed by atoms with Crippen LogP contribution in [-0.4, -0.2) is 15.7 Å². The second kappa shape index (κ2) is 3.66. The lowest BCUT2D eigenvalue weighted by Gasteiger charge is -2.05. The van der Waals surface area contributed by atoms with Crippen LogP contribution >= 0.6 is 11.6 Å². The molecule has 0 radical (unpaired) electrons. The predicted molar refractivity (Wildman–Crippen MR) is 50.0 cm³/mol. The van der Waals surface area contributed by atoms with Gasteiger partial charge in [-0.15, -0.1) is 0 Å². The molecule has 1 aromatic rings. The van der Waals surface area contributed by atoms with E-state index >= 15 is 0 Å². The Morgan fingerprint density at radius 2 is 2.46 bits per heavy atom. The van der Waals surface area contributed by atoms with Crippen LogP contribution in [0, 0.1) is 5.92 Å². The van der Waals surface area contributed by atoms with Crippen LogP contribution in [0.25, 0.3) is 0 Å². The number of nitrogen functional groups attached to an aromatic ring is 1. The summed E-state index contributed by atoms with van der Waals surface area (Å²) in [7, 11) is 0. The molecule has 0 aromatic carbocycles. The number of carbonyl (C=O) groups excluding carboxylic acids is 1. The summed E-state index contributed by atoms with van der Waals surface area (Å²) in [6, 6.07) is 0. The first-order valence-electron chi connectivity index (χ1n) is 3.78. The fourth-order valence-corrected chi connectivity index (χ4v) is 1.03. The highest BCUT2D eigenvalue weighted by molar-refractivity contribution is 6.32. The van der Waals surface area contributed by atoms with Crippen LogP contribution in [0.4, 0.5) is 5.82 Å². The molecule has 0 fully saturated rings. The Kier molecular flexibility index (Phi) is 2.77. The topological polar surface area (TPSA) is 86.9 Å². The monoisotopic (exact) mass is 202 g/mol. The number of nitrogens with two attached hydrogens (primary N) is 2. The molecular weight excluding hydrogens is 192 g/mol. The molecule has 0 aliphatic heterocycles. The van der Waals surface area contributed by atoms with Gasteiger partial charge in [0.15, 0.2) is 5.82 Å². The molecular formula is C7H11ClN4O. The summed E-state index contributed by atoms with van der Waals surface area (Å²) in [6.07, 6.45) is 1.57. The van der Waals surface area contributed by atoms with Gasteiger partial charge in [0.2, 0.25) is 5.91 Å². The van der Waals surface area contributed by atoms with Crippen LogP contribution in [0.15, 0.2) is 6.20 Å². The zero-order valence-corrected chi connectivity index (χ0v) is 7.95. The van der Waals surface area contributed by atoms with Crippen LogP contribution in [-0.2, 0) is 11.3 Å². The molecule has 6 heteroatoms. The fraction of sp³-hybridized carbons (Fsp3) is 0.429. The van der Waals surface area contributed by atoms with Crippen LogP contribution < -0.4 is 11.5 Å². The fourth-order valence-electron chi connectivity index (χ4n) is 0.876. The third-order valence-corrected chi connectivity index (χ3v) is 1.98. The lowest BCUT2D eigenvalue weighted by atomic mass is 10.2. The summed E-state index contributed by atoms with van der Waals surface area (Å²) < 4.78 is 1.51. The van der Waals surface area contributed by atoms with E-state index in [1.54, 1.807) is 13.1 Å². The molecule has 1 heterocycles. The van der Waals surface area contributed by atoms with Gasteiger partial charge in [0, 0.05) is 6.20 Å². The molecule has 1 atom stereocenters. The van der Waals surface area contributed by atoms with Crippen molar-refractivity contribution in [3.63, 3.8) is 0 Å². The number of hydrogen-bond donors (Lipinski definition) is 2. The highest BCUT2D eigenvalue weighted by Crippen LogP contribution is 2.15. The average Bonchev–Trinajstić information content (AvgIpc) is 2.31. The minimum atomic E-state index is -0.370. The number of halogens is 1. The average molecular weight is 203 g/mol. The van der Waals surface area contributed by atoms with Crippen LogP contribution in [0.3, 0.4) is 0 Å². The molecule has 13 heavy (non-hydrogen) atoms. The van der Waals surface area contributed by atoms with Crippen molar-refractivity contribution in [2.75, 3.05) is 5.73 Å². The highest BCUT2D eigenvalue weighted by Gasteiger charge is 2.11. The van der Waals surface area contributed by atoms with Crippen molar-refractivity contribution in [3.05, 3.63) is 11.2 Å². The van der Waals surface area contributed by atoms with Gasteiger partial charge in [0.25, 0.3) is 0 Å². The zero-order chi connectivity index (χ0) is 10.0. The Bertz CT molecular complexity index is 303. The number of primary amides is 1. The minimum absolute atomic E-state index is 0.262. The maximum absolute atomic E-state index is 10.7. The standard InChI is InChI=1S/C7H11ClN4O/c1-4(7(10)13)2-12-3-5(8)6(9)11-12/h3-4H,2H2,1H3,(H2,9,11)(H2,10,13). The molecule has 1 rings (SSSR count). The molecule has 0 saturated heterocycles. The number of rotatable bonds is 3. The quantitative estimate of drug-likeness (QED) is 0.736. The Morgan fingerprint density at radius 3 is 2.85 bits per heavy atom. The first-order valence-corrected chi connectivity index (χ1v) is 4.16. The maximum atomic E-state index is 10.7. The molecule has 1 unspecified atom stereocenters. The Balaban J connectivity index is 2.69. The minimum Gasteiger partial charge on any atom is -0.381 e. The lowest BCUT2D eigenvalue weighted by Crippen LogP contribution is -2.24. The predicted octanol–water partition coefficient (Wildman–Crippen LogP) is 0.240. The number of carbonyl (C=O) groups is 1. The van der Waals surface area contributed by atoms with Gasteiger partial charge >= 0.3 is 0 Å². The van der Waals surface area contributed by atoms with E-state index in [-0.39, 0.29) is 17.6 Å². The normalized spacial score (nSPS) is 12.8. The zero-order valence-electron chi connectivity index (χ0n) is 7.20. The SMILES string of the molecule is CC(Cn1cc(Cl)c(N)n1)C(N)=O. The largest absolute Gasteiger partial charge is 0.381 e. The molecule has 0 aliphatic rings. The van der Waals surface area contributed by atoms with Crippen LogP contribution in [0.1, 0.15) is 6.92 Å². The van der Waals surface area contributed by atoms with Crippen molar-refractivity contribution in [3.8, 4) is 0 Å². The molecule has 1 aromatic heterocycles. The van der Waals surface area contributed by atoms with Crippen molar-refractivity contribution in [1.29, 1.82) is 0 Å². The molecule has 72 valence electrons. The summed E-state index contributed by atoms with van der Waals surface area (Å²) in [5, 5.41) is 4.27. The number of nitrogens with zero attached hydrogens (tertiary/aromatic N) is 2. The van der Waals surface area contributed by atoms with Gasteiger partial charge in [-0.1, -0.05) is 18.5 Å². The lowest BCUT2D eigenvalue weighted by molar-refractivity contribution is -0.121. The van der Waals surface area contributed by atoms with E-state index in [1.807, 2.05) is 0 Å². The van der Waals surface area contributed by atoms with Crippen LogP contribution in [0.5, 0.6) is 0 Å². The number of anilines is 1. The van der Waals surface area contributed by atoms with Gasteiger partial charge in [0.05, 0.1) is 12.5 Å². The van der Waals surface area contributed by atoms with E-state index in [0.717, 1.165) is 0 Å². The van der Waals surface area contributed by atoms with Crippen molar-refractivity contribution in [1.82, 2.24) is 9.78 Å². The van der Waals surface area contributed by atoms with E-state index in [2.05, 4.69) is 5.10 Å². The maximum Gasteiger partial charge on any atom is 0.222 e. The van der Waals surface area contributed by atoms with Gasteiger partial charge in [-0.2, -0.15) is 5.10 Å². The summed E-state index contributed by atoms with van der Waals surface area (Å²) in [4.78, 5) is 10.7. The molecule has 0 spiro atoms. The van der Waals surface area contributed by atoms with E-state index in [9.17, 15) is 4.79 Å². The van der Waals surface area contributed by atoms with Gasteiger partial charge in [-0.05, 0) is 0 Å². The van der Waals surface area contributed by atoms with Crippen molar-refractivity contribution in [2.45, 2.75) is 13.5 Å². The molecule has 4 N–H and O–H groups in total. The van der Waals surface area contributed by atoms with Gasteiger partial charge in [0.1, 0.15) is 5.02 Å². The van der Waals surface area contributed by atoms with Crippen LogP contribution in [0.2, 0.25) is 5.02 Å². The Hall–Kier alpha value is -1.23. The van der Waals surface area contributed by atoms with Gasteiger partial charge in [-0.25, -0.2) is 0 Å². The summed E-state index contributed by atoms with van der Waals surface area (Å²) >= 11 is 5.67. The van der Waals surface area contributed by atoms with Crippen molar-refractivity contribution < 1.29 is 4.79 Å². The highest BCUT2D eigenvalue weighted by atomic mass is 35.5. The van der Waals surface area contributed by atoms with Crippen molar-refractivity contribution >= 4 is 23.3 Å². The second-order valence-electron chi connectivity index (χ2n) is 2.89. The molecule has 0 aliphatic carbocycles. The number of hydrogen-bond acceptors (Lipinski definition) is 3. The Labute approximate surface area is 80.6 Å². The van der Waals surface area contributed by atoms with Gasteiger partial charge < -0.3 is 11.5 Å². The van der Waals surface area contributed by atoms with E-state index < -0.39 is 0 Å². The first kappa shape index (κ1) is 9.85. The molecule has 1 amide bonds. The van der Waals surface area contributed by atoms with E-state index in [0.29, 0.717) is 11.6 Å². The third kappa shape index (κ3) is 2.35. The molecule has 5 nitrogen and oxygen atoms in total. The van der Waals surface area contributed by atoms with E-state index in [1.165, 1.54) is 4.68 Å². The summed E-state index contributed by atoms with van der Waals surface area (Å²) in [5.74, 6) is -0.390.